The van der Waals surface area contributed by atoms with Crippen LogP contribution in [0.3, 0.4) is 0 Å². The number of ether oxygens (including phenoxy) is 1. The van der Waals surface area contributed by atoms with Gasteiger partial charge >= 0.3 is 0 Å². The number of rotatable bonds is 2. The molecule has 0 saturated carbocycles. The molecule has 21 heavy (non-hydrogen) atoms. The third kappa shape index (κ3) is 1.97. The van der Waals surface area contributed by atoms with Gasteiger partial charge in [-0.05, 0) is 15.9 Å². The van der Waals surface area contributed by atoms with Crippen molar-refractivity contribution >= 4 is 15.9 Å². The van der Waals surface area contributed by atoms with E-state index >= 15 is 0 Å². The molecule has 0 amide bonds. The van der Waals surface area contributed by atoms with Gasteiger partial charge in [0.1, 0.15) is 0 Å². The van der Waals surface area contributed by atoms with Gasteiger partial charge in [0, 0.05) is 12.4 Å². The summed E-state index contributed by atoms with van der Waals surface area (Å²) < 4.78 is 3.03. The maximum Gasteiger partial charge on any atom is 0.285 e. The molecule has 2 atom stereocenters. The Kier molecular flexibility index (Phi) is 3.71. The minimum absolute atomic E-state index is 0.790. The Bertz CT molecular complexity index is 517. The van der Waals surface area contributed by atoms with Gasteiger partial charge in [-0.1, -0.05) is 0 Å². The smallest absolute Gasteiger partial charge is 0.285 e. The van der Waals surface area contributed by atoms with Crippen LogP contribution in [0.2, 0.25) is 0 Å². The normalized spacial score (nSPS) is 34.1. The third-order valence-corrected chi connectivity index (χ3v) is 4.37. The zero-order valence-corrected chi connectivity index (χ0v) is 11.7. The Hall–Kier alpha value is -0.670. The highest BCUT2D eigenvalue weighted by atomic mass is 79.9. The van der Waals surface area contributed by atoms with Gasteiger partial charge in [0.2, 0.25) is 0 Å². The number of hydrogen-bond donors (Lipinski definition) is 8. The molecule has 1 aliphatic heterocycles. The van der Waals surface area contributed by atoms with Crippen molar-refractivity contribution in [2.75, 3.05) is 0 Å². The van der Waals surface area contributed by atoms with Gasteiger partial charge < -0.3 is 45.6 Å². The molecule has 2 rings (SSSR count). The second kappa shape index (κ2) is 4.66. The van der Waals surface area contributed by atoms with Crippen molar-refractivity contribution in [3.8, 4) is 0 Å². The molecule has 0 bridgehead atoms. The molecule has 1 fully saturated rings. The first-order valence-electron chi connectivity index (χ1n) is 5.45. The molecule has 0 radical (unpaired) electrons. The predicted molar refractivity (Wildman–Crippen MR) is 63.7 cm³/mol. The Labute approximate surface area is 125 Å². The van der Waals surface area contributed by atoms with E-state index in [1.165, 1.54) is 6.20 Å². The minimum atomic E-state index is -4.04. The van der Waals surface area contributed by atoms with E-state index in [1.54, 1.807) is 0 Å². The molecule has 1 aromatic rings. The van der Waals surface area contributed by atoms with Crippen molar-refractivity contribution in [1.82, 2.24) is 9.55 Å². The van der Waals surface area contributed by atoms with Crippen molar-refractivity contribution < 1.29 is 45.6 Å². The Balaban J connectivity index is 2.64. The molecular formula is C9H13BrN2O9. The molecule has 1 aliphatic rings. The number of aliphatic hydroxyl groups excluding tert-OH is 1. The van der Waals surface area contributed by atoms with Gasteiger partial charge in [-0.25, -0.2) is 4.98 Å². The van der Waals surface area contributed by atoms with Gasteiger partial charge in [-0.2, -0.15) is 0 Å². The number of alkyl halides is 1. The molecule has 12 heteroatoms. The second-order valence-corrected chi connectivity index (χ2v) is 5.63. The van der Waals surface area contributed by atoms with E-state index in [-0.39, 0.29) is 0 Å². The lowest BCUT2D eigenvalue weighted by Gasteiger charge is -2.56. The van der Waals surface area contributed by atoms with Crippen LogP contribution in [-0.4, -0.2) is 80.2 Å². The fourth-order valence-corrected chi connectivity index (χ4v) is 2.63. The highest BCUT2D eigenvalue weighted by Crippen LogP contribution is 2.52. The van der Waals surface area contributed by atoms with Gasteiger partial charge in [-0.15, -0.1) is 0 Å². The Morgan fingerprint density at radius 3 is 2.10 bits per heavy atom. The number of halogens is 1. The van der Waals surface area contributed by atoms with E-state index in [1.807, 2.05) is 0 Å². The molecule has 0 spiro atoms. The number of aliphatic hydroxyl groups is 8. The van der Waals surface area contributed by atoms with E-state index in [0.29, 0.717) is 0 Å². The topological polar surface area (TPSA) is 189 Å². The maximum atomic E-state index is 9.98. The monoisotopic (exact) mass is 372 g/mol. The predicted octanol–water partition coefficient (Wildman–Crippen LogP) is -4.36. The first kappa shape index (κ1) is 16.7. The van der Waals surface area contributed by atoms with Crippen LogP contribution in [0.5, 0.6) is 0 Å². The van der Waals surface area contributed by atoms with Crippen LogP contribution in [0, 0.1) is 0 Å². The number of nitrogens with zero attached hydrogens (tertiary/aromatic N) is 2. The largest absolute Gasteiger partial charge is 0.366 e. The Morgan fingerprint density at radius 2 is 1.67 bits per heavy atom. The fraction of sp³-hybridized carbons (Fsp3) is 0.667. The summed E-state index contributed by atoms with van der Waals surface area (Å²) in [6, 6.07) is 0. The first-order chi connectivity index (χ1) is 9.39. The third-order valence-electron chi connectivity index (χ3n) is 3.22. The van der Waals surface area contributed by atoms with E-state index in [9.17, 15) is 30.6 Å². The van der Waals surface area contributed by atoms with Gasteiger partial charge in [0.25, 0.3) is 22.0 Å². The van der Waals surface area contributed by atoms with Gasteiger partial charge in [0.15, 0.2) is 12.4 Å². The standard InChI is InChI=1S/C9H13BrN2O9/c10-9(12-2-1-11-3-12)8(19,20)7(17,18)6(15,16)4(21-9)5(13)14/h1-5,13-20H/t4-,9-/m1/s1. The van der Waals surface area contributed by atoms with Crippen LogP contribution in [0.4, 0.5) is 0 Å². The lowest BCUT2D eigenvalue weighted by Crippen LogP contribution is -2.84. The minimum Gasteiger partial charge on any atom is -0.366 e. The maximum absolute atomic E-state index is 9.98. The van der Waals surface area contributed by atoms with E-state index in [4.69, 9.17) is 14.9 Å². The van der Waals surface area contributed by atoms with Crippen LogP contribution in [0.25, 0.3) is 0 Å². The summed E-state index contributed by atoms with van der Waals surface area (Å²) in [6.07, 6.45) is -1.80. The number of imidazole rings is 1. The van der Waals surface area contributed by atoms with Crippen molar-refractivity contribution in [3.63, 3.8) is 0 Å². The molecule has 0 aliphatic carbocycles. The summed E-state index contributed by atoms with van der Waals surface area (Å²) in [5.74, 6) is -11.6. The second-order valence-electron chi connectivity index (χ2n) is 4.55. The molecule has 0 aromatic carbocycles. The summed E-state index contributed by atoms with van der Waals surface area (Å²) in [5, 5.41) is 77.0. The van der Waals surface area contributed by atoms with Crippen LogP contribution >= 0.6 is 15.9 Å². The lowest BCUT2D eigenvalue weighted by atomic mass is 9.86. The summed E-state index contributed by atoms with van der Waals surface area (Å²) >= 11 is 2.68. The van der Waals surface area contributed by atoms with E-state index in [0.717, 1.165) is 17.1 Å². The van der Waals surface area contributed by atoms with Crippen LogP contribution in [0.1, 0.15) is 0 Å². The summed E-state index contributed by atoms with van der Waals surface area (Å²) in [6.45, 7) is 0. The Morgan fingerprint density at radius 1 is 1.10 bits per heavy atom. The van der Waals surface area contributed by atoms with Crippen LogP contribution in [0.15, 0.2) is 18.7 Å². The van der Waals surface area contributed by atoms with Crippen molar-refractivity contribution in [2.45, 2.75) is 34.4 Å². The summed E-state index contributed by atoms with van der Waals surface area (Å²) in [5.41, 5.74) is 0. The van der Waals surface area contributed by atoms with Crippen molar-refractivity contribution in [3.05, 3.63) is 18.7 Å². The zero-order chi connectivity index (χ0) is 16.3. The average Bonchev–Trinajstić information content (AvgIpc) is 2.87. The molecular weight excluding hydrogens is 360 g/mol. The first-order valence-corrected chi connectivity index (χ1v) is 6.24. The van der Waals surface area contributed by atoms with Gasteiger partial charge in [0.05, 0.1) is 6.33 Å². The summed E-state index contributed by atoms with van der Waals surface area (Å²) in [4.78, 5) is 3.58. The van der Waals surface area contributed by atoms with Crippen LogP contribution in [-0.2, 0) is 9.37 Å². The highest BCUT2D eigenvalue weighted by molar-refractivity contribution is 9.09. The molecule has 1 saturated heterocycles. The summed E-state index contributed by atoms with van der Waals surface area (Å²) in [7, 11) is 0. The molecule has 0 unspecified atom stereocenters. The molecule has 1 aromatic heterocycles. The SMILES string of the molecule is OC(O)[C@H]1O[C@](Br)(n2ccnc2)C(O)(O)C(O)(O)C1(O)O. The number of aromatic nitrogens is 2. The van der Waals surface area contributed by atoms with Crippen molar-refractivity contribution in [1.29, 1.82) is 0 Å². The van der Waals surface area contributed by atoms with Crippen molar-refractivity contribution in [2.24, 2.45) is 0 Å². The highest BCUT2D eigenvalue weighted by Gasteiger charge is 2.79. The molecule has 120 valence electrons. The average molecular weight is 373 g/mol. The fourth-order valence-electron chi connectivity index (χ4n) is 1.94. The number of hydrogen-bond acceptors (Lipinski definition) is 10. The van der Waals surface area contributed by atoms with Gasteiger partial charge in [-0.3, -0.25) is 4.57 Å². The molecule has 11 nitrogen and oxygen atoms in total. The quantitative estimate of drug-likeness (QED) is 0.186. The lowest BCUT2D eigenvalue weighted by molar-refractivity contribution is -0.540. The zero-order valence-electron chi connectivity index (χ0n) is 10.1. The van der Waals surface area contributed by atoms with E-state index < -0.39 is 34.4 Å². The molecule has 2 heterocycles. The van der Waals surface area contributed by atoms with E-state index in [2.05, 4.69) is 20.9 Å². The van der Waals surface area contributed by atoms with Crippen LogP contribution < -0.4 is 0 Å². The molecule has 8 N–H and O–H groups in total.